The minimum absolute atomic E-state index is 0.149. The molecule has 0 radical (unpaired) electrons. The van der Waals surface area contributed by atoms with Gasteiger partial charge in [-0.3, -0.25) is 14.4 Å². The van der Waals surface area contributed by atoms with Gasteiger partial charge < -0.3 is 19.8 Å². The fraction of sp³-hybridized carbons (Fsp3) is 0.192. The molecule has 0 bridgehead atoms. The van der Waals surface area contributed by atoms with E-state index in [-0.39, 0.29) is 46.2 Å². The van der Waals surface area contributed by atoms with E-state index in [9.17, 15) is 24.0 Å². The molecule has 0 fully saturated rings. The molecule has 178 valence electrons. The number of aryl methyl sites for hydroxylation is 1. The summed E-state index contributed by atoms with van der Waals surface area (Å²) in [4.78, 5) is 65.4. The first-order chi connectivity index (χ1) is 16.7. The Morgan fingerprint density at radius 1 is 0.857 bits per heavy atom. The van der Waals surface area contributed by atoms with Crippen molar-refractivity contribution in [3.63, 3.8) is 0 Å². The lowest BCUT2D eigenvalue weighted by Gasteiger charge is -2.18. The van der Waals surface area contributed by atoms with Gasteiger partial charge in [-0.25, -0.2) is 9.59 Å². The molecule has 0 saturated carbocycles. The minimum Gasteiger partial charge on any atom is -0.461 e. The number of aromatic nitrogens is 1. The maximum Gasteiger partial charge on any atom is 0.355 e. The maximum atomic E-state index is 12.8. The van der Waals surface area contributed by atoms with Crippen molar-refractivity contribution in [2.75, 3.05) is 18.5 Å². The van der Waals surface area contributed by atoms with E-state index in [1.54, 1.807) is 45.0 Å². The molecule has 3 aromatic rings. The molecule has 2 N–H and O–H groups in total. The number of carbonyl (C=O) groups is 5. The molecular formula is C26H22N2O7. The average Bonchev–Trinajstić information content (AvgIpc) is 3.15. The van der Waals surface area contributed by atoms with Crippen LogP contribution in [0.4, 0.5) is 5.69 Å². The third-order valence-corrected chi connectivity index (χ3v) is 5.66. The minimum atomic E-state index is -0.773. The van der Waals surface area contributed by atoms with E-state index in [4.69, 9.17) is 9.47 Å². The molecule has 1 aliphatic carbocycles. The fourth-order valence-corrected chi connectivity index (χ4v) is 4.04. The van der Waals surface area contributed by atoms with Crippen LogP contribution in [0.1, 0.15) is 70.9 Å². The van der Waals surface area contributed by atoms with Gasteiger partial charge in [0.05, 0.1) is 12.2 Å². The summed E-state index contributed by atoms with van der Waals surface area (Å²) in [6.45, 7) is 4.45. The fourth-order valence-electron chi connectivity index (χ4n) is 4.04. The molecule has 9 nitrogen and oxygen atoms in total. The van der Waals surface area contributed by atoms with Crippen LogP contribution in [-0.2, 0) is 14.3 Å². The highest BCUT2D eigenvalue weighted by atomic mass is 16.5. The molecule has 0 atom stereocenters. The van der Waals surface area contributed by atoms with E-state index in [0.717, 1.165) is 0 Å². The molecule has 2 aromatic carbocycles. The molecule has 0 unspecified atom stereocenters. The molecule has 1 aliphatic rings. The van der Waals surface area contributed by atoms with E-state index in [1.165, 1.54) is 18.2 Å². The van der Waals surface area contributed by atoms with Gasteiger partial charge in [-0.2, -0.15) is 0 Å². The van der Waals surface area contributed by atoms with Gasteiger partial charge in [0.2, 0.25) is 0 Å². The molecule has 0 spiro atoms. The Hall–Kier alpha value is -4.53. The van der Waals surface area contributed by atoms with Crippen LogP contribution in [0.2, 0.25) is 0 Å². The van der Waals surface area contributed by atoms with Crippen molar-refractivity contribution < 1.29 is 33.4 Å². The Labute approximate surface area is 200 Å². The van der Waals surface area contributed by atoms with Gasteiger partial charge in [-0.1, -0.05) is 24.3 Å². The summed E-state index contributed by atoms with van der Waals surface area (Å²) in [5, 5.41) is 2.57. The molecule has 0 aliphatic heterocycles. The zero-order valence-electron chi connectivity index (χ0n) is 19.3. The molecule has 0 saturated heterocycles. The predicted molar refractivity (Wildman–Crippen MR) is 125 cm³/mol. The lowest BCUT2D eigenvalue weighted by atomic mass is 9.84. The van der Waals surface area contributed by atoms with E-state index >= 15 is 0 Å². The quantitative estimate of drug-likeness (QED) is 0.410. The number of rotatable bonds is 6. The van der Waals surface area contributed by atoms with Gasteiger partial charge in [-0.05, 0) is 44.5 Å². The number of hydrogen-bond donors (Lipinski definition) is 2. The van der Waals surface area contributed by atoms with E-state index in [0.29, 0.717) is 22.4 Å². The number of H-pyrrole nitrogens is 1. The normalized spacial score (nSPS) is 12.0. The zero-order valence-corrected chi connectivity index (χ0v) is 19.3. The van der Waals surface area contributed by atoms with Crippen molar-refractivity contribution >= 4 is 35.1 Å². The SMILES string of the molecule is CCOC(=O)c1[nH]c(C)c(C(=O)OCC(=O)Nc2ccc3c(c2)C(=O)c2ccccc2C3=O)c1C. The second-order valence-corrected chi connectivity index (χ2v) is 7.93. The van der Waals surface area contributed by atoms with Gasteiger partial charge in [-0.15, -0.1) is 0 Å². The lowest BCUT2D eigenvalue weighted by Crippen LogP contribution is -2.23. The number of ether oxygens (including phenoxy) is 2. The third kappa shape index (κ3) is 4.35. The summed E-state index contributed by atoms with van der Waals surface area (Å²) in [5.41, 5.74) is 2.45. The third-order valence-electron chi connectivity index (χ3n) is 5.66. The van der Waals surface area contributed by atoms with Crippen LogP contribution in [0.3, 0.4) is 0 Å². The summed E-state index contributed by atoms with van der Waals surface area (Å²) in [7, 11) is 0. The predicted octanol–water partition coefficient (Wildman–Crippen LogP) is 3.38. The number of carbonyl (C=O) groups excluding carboxylic acids is 5. The molecule has 9 heteroatoms. The Bertz CT molecular complexity index is 1400. The Morgan fingerprint density at radius 3 is 2.14 bits per heavy atom. The summed E-state index contributed by atoms with van der Waals surface area (Å²) < 4.78 is 10.1. The number of hydrogen-bond acceptors (Lipinski definition) is 7. The Kier molecular flexibility index (Phi) is 6.33. The first-order valence-corrected chi connectivity index (χ1v) is 10.9. The molecule has 1 heterocycles. The maximum absolute atomic E-state index is 12.8. The number of amides is 1. The number of benzene rings is 2. The highest BCUT2D eigenvalue weighted by molar-refractivity contribution is 6.28. The Morgan fingerprint density at radius 2 is 1.49 bits per heavy atom. The largest absolute Gasteiger partial charge is 0.461 e. The molecule has 4 rings (SSSR count). The van der Waals surface area contributed by atoms with E-state index in [1.807, 2.05) is 0 Å². The standard InChI is InChI=1S/C26H22N2O7/c1-4-34-26(33)22-13(2)21(14(3)27-22)25(32)35-12-20(29)28-15-9-10-18-19(11-15)24(31)17-8-6-5-7-16(17)23(18)30/h5-11,27H,4,12H2,1-3H3,(H,28,29). The molecule has 1 aromatic heterocycles. The van der Waals surface area contributed by atoms with Gasteiger partial charge in [0, 0.05) is 33.6 Å². The summed E-state index contributed by atoms with van der Waals surface area (Å²) in [6, 6.07) is 11.0. The van der Waals surface area contributed by atoms with Crippen molar-refractivity contribution in [3.05, 3.63) is 87.2 Å². The van der Waals surface area contributed by atoms with Crippen LogP contribution in [0.15, 0.2) is 42.5 Å². The second kappa shape index (κ2) is 9.38. The number of esters is 2. The second-order valence-electron chi connectivity index (χ2n) is 7.93. The van der Waals surface area contributed by atoms with E-state index in [2.05, 4.69) is 10.3 Å². The summed E-state index contributed by atoms with van der Waals surface area (Å²) >= 11 is 0. The molecular weight excluding hydrogens is 452 g/mol. The number of aromatic amines is 1. The van der Waals surface area contributed by atoms with Crippen molar-refractivity contribution in [1.29, 1.82) is 0 Å². The summed E-state index contributed by atoms with van der Waals surface area (Å²) in [6.07, 6.45) is 0. The molecule has 1 amide bonds. The van der Waals surface area contributed by atoms with Gasteiger partial charge in [0.25, 0.3) is 5.91 Å². The summed E-state index contributed by atoms with van der Waals surface area (Å²) in [5.74, 6) is -2.57. The topological polar surface area (TPSA) is 132 Å². The molecule has 35 heavy (non-hydrogen) atoms. The van der Waals surface area contributed by atoms with Crippen LogP contribution in [0, 0.1) is 13.8 Å². The first-order valence-electron chi connectivity index (χ1n) is 10.9. The smallest absolute Gasteiger partial charge is 0.355 e. The van der Waals surface area contributed by atoms with Crippen LogP contribution < -0.4 is 5.32 Å². The van der Waals surface area contributed by atoms with Crippen molar-refractivity contribution in [1.82, 2.24) is 4.98 Å². The van der Waals surface area contributed by atoms with Crippen LogP contribution in [0.25, 0.3) is 0 Å². The van der Waals surface area contributed by atoms with Gasteiger partial charge in [0.1, 0.15) is 5.69 Å². The van der Waals surface area contributed by atoms with Gasteiger partial charge in [0.15, 0.2) is 18.2 Å². The zero-order chi connectivity index (χ0) is 25.3. The monoisotopic (exact) mass is 474 g/mol. The highest BCUT2D eigenvalue weighted by Crippen LogP contribution is 2.29. The van der Waals surface area contributed by atoms with Crippen molar-refractivity contribution in [3.8, 4) is 0 Å². The Balaban J connectivity index is 1.44. The van der Waals surface area contributed by atoms with Crippen LogP contribution in [-0.4, -0.2) is 47.6 Å². The van der Waals surface area contributed by atoms with Crippen LogP contribution in [0.5, 0.6) is 0 Å². The first kappa shape index (κ1) is 23.6. The highest BCUT2D eigenvalue weighted by Gasteiger charge is 2.29. The number of fused-ring (bicyclic) bond motifs is 2. The van der Waals surface area contributed by atoms with Crippen molar-refractivity contribution in [2.45, 2.75) is 20.8 Å². The van der Waals surface area contributed by atoms with Gasteiger partial charge >= 0.3 is 11.9 Å². The number of nitrogens with one attached hydrogen (secondary N) is 2. The van der Waals surface area contributed by atoms with E-state index < -0.39 is 24.5 Å². The van der Waals surface area contributed by atoms with Crippen LogP contribution >= 0.6 is 0 Å². The number of ketones is 2. The lowest BCUT2D eigenvalue weighted by molar-refractivity contribution is -0.119. The number of anilines is 1. The van der Waals surface area contributed by atoms with Crippen molar-refractivity contribution in [2.24, 2.45) is 0 Å². The average molecular weight is 474 g/mol.